The molecule has 0 spiro atoms. The van der Waals surface area contributed by atoms with Crippen molar-refractivity contribution in [3.8, 4) is 6.07 Å². The average Bonchev–Trinajstić information content (AvgIpc) is 2.77. The Labute approximate surface area is 182 Å². The number of hydrogen-bond donors (Lipinski definition) is 0. The fraction of sp³-hybridized carbons (Fsp3) is 0.348. The predicted molar refractivity (Wildman–Crippen MR) is 116 cm³/mol. The van der Waals surface area contributed by atoms with Gasteiger partial charge in [-0.15, -0.1) is 0 Å². The number of hydrogen-bond acceptors (Lipinski definition) is 5. The molecule has 8 heteroatoms. The number of nitriles is 1. The Morgan fingerprint density at radius 2 is 1.45 bits per heavy atom. The molecule has 0 aromatic heterocycles. The number of amides is 1. The van der Waals surface area contributed by atoms with Gasteiger partial charge in [0.25, 0.3) is 5.91 Å². The number of rotatable bonds is 4. The van der Waals surface area contributed by atoms with Gasteiger partial charge < -0.3 is 4.90 Å². The molecule has 2 aromatic carbocycles. The second-order valence-corrected chi connectivity index (χ2v) is 10.4. The molecule has 0 aliphatic carbocycles. The highest BCUT2D eigenvalue weighted by Gasteiger charge is 2.32. The van der Waals surface area contributed by atoms with Crippen LogP contribution in [0.15, 0.2) is 53.4 Å². The second kappa shape index (κ2) is 8.61. The second-order valence-electron chi connectivity index (χ2n) is 8.49. The minimum absolute atomic E-state index is 0.0532. The van der Waals surface area contributed by atoms with Crippen molar-refractivity contribution in [2.45, 2.75) is 31.1 Å². The lowest BCUT2D eigenvalue weighted by Crippen LogP contribution is -2.52. The summed E-state index contributed by atoms with van der Waals surface area (Å²) < 4.78 is 26.9. The zero-order valence-corrected chi connectivity index (χ0v) is 18.6. The van der Waals surface area contributed by atoms with Crippen LogP contribution in [-0.4, -0.2) is 55.5 Å². The van der Waals surface area contributed by atoms with Gasteiger partial charge in [-0.05, 0) is 35.2 Å². The molecule has 7 nitrogen and oxygen atoms in total. The predicted octanol–water partition coefficient (Wildman–Crippen LogP) is 2.57. The van der Waals surface area contributed by atoms with Crippen LogP contribution < -0.4 is 0 Å². The van der Waals surface area contributed by atoms with Crippen LogP contribution in [0.3, 0.4) is 0 Å². The van der Waals surface area contributed by atoms with Crippen molar-refractivity contribution in [3.05, 3.63) is 65.2 Å². The molecular formula is C23H25N3O4S. The topological polar surface area (TPSA) is 98.6 Å². The van der Waals surface area contributed by atoms with E-state index in [2.05, 4.69) is 20.8 Å². The Hall–Kier alpha value is -3.02. The van der Waals surface area contributed by atoms with Crippen LogP contribution in [0.1, 0.15) is 42.3 Å². The number of nitrogens with zero attached hydrogens (tertiary/aromatic N) is 3. The zero-order chi connectivity index (χ0) is 22.8. The van der Waals surface area contributed by atoms with Crippen molar-refractivity contribution in [2.24, 2.45) is 0 Å². The third kappa shape index (κ3) is 4.84. The summed E-state index contributed by atoms with van der Waals surface area (Å²) in [5.41, 5.74) is 1.72. The first-order valence-electron chi connectivity index (χ1n) is 9.98. The van der Waals surface area contributed by atoms with Gasteiger partial charge in [-0.2, -0.15) is 9.57 Å². The molecule has 0 atom stereocenters. The highest BCUT2D eigenvalue weighted by atomic mass is 32.2. The molecule has 0 N–H and O–H groups in total. The first-order valence-corrected chi connectivity index (χ1v) is 11.4. The SMILES string of the molecule is CC(C)(C)c1ccc(C(=O)C(=O)N2CCN(S(=O)(=O)c3ccc(C#N)cc3)CC2)cc1. The molecule has 2 aromatic rings. The molecule has 1 aliphatic heterocycles. The van der Waals surface area contributed by atoms with Crippen molar-refractivity contribution in [2.75, 3.05) is 26.2 Å². The van der Waals surface area contributed by atoms with Crippen molar-refractivity contribution in [1.82, 2.24) is 9.21 Å². The van der Waals surface area contributed by atoms with Crippen LogP contribution in [0.5, 0.6) is 0 Å². The first-order chi connectivity index (χ1) is 14.5. The van der Waals surface area contributed by atoms with Gasteiger partial charge in [-0.3, -0.25) is 9.59 Å². The van der Waals surface area contributed by atoms with Gasteiger partial charge in [0.2, 0.25) is 15.8 Å². The number of carbonyl (C=O) groups is 2. The largest absolute Gasteiger partial charge is 0.333 e. The first kappa shape index (κ1) is 22.7. The summed E-state index contributed by atoms with van der Waals surface area (Å²) in [6.07, 6.45) is 0. The molecule has 1 fully saturated rings. The molecule has 162 valence electrons. The van der Waals surface area contributed by atoms with Crippen LogP contribution in [0.25, 0.3) is 0 Å². The van der Waals surface area contributed by atoms with Crippen LogP contribution >= 0.6 is 0 Å². The van der Waals surface area contributed by atoms with Gasteiger partial charge in [0.1, 0.15) is 0 Å². The van der Waals surface area contributed by atoms with Gasteiger partial charge in [0.15, 0.2) is 0 Å². The van der Waals surface area contributed by atoms with E-state index in [4.69, 9.17) is 5.26 Å². The number of carbonyl (C=O) groups excluding carboxylic acids is 2. The zero-order valence-electron chi connectivity index (χ0n) is 17.8. The fourth-order valence-electron chi connectivity index (χ4n) is 3.37. The summed E-state index contributed by atoms with van der Waals surface area (Å²) in [5.74, 6) is -1.22. The molecule has 0 unspecified atom stereocenters. The quantitative estimate of drug-likeness (QED) is 0.539. The van der Waals surface area contributed by atoms with Crippen LogP contribution in [0, 0.1) is 11.3 Å². The highest BCUT2D eigenvalue weighted by molar-refractivity contribution is 7.89. The third-order valence-electron chi connectivity index (χ3n) is 5.35. The summed E-state index contributed by atoms with van der Waals surface area (Å²) in [6, 6.07) is 14.7. The van der Waals surface area contributed by atoms with E-state index < -0.39 is 21.7 Å². The number of sulfonamides is 1. The lowest BCUT2D eigenvalue weighted by molar-refractivity contribution is -0.127. The average molecular weight is 440 g/mol. The monoisotopic (exact) mass is 439 g/mol. The molecule has 3 rings (SSSR count). The van der Waals surface area contributed by atoms with Crippen molar-refractivity contribution < 1.29 is 18.0 Å². The maximum absolute atomic E-state index is 12.8. The van der Waals surface area contributed by atoms with Gasteiger partial charge in [0, 0.05) is 31.7 Å². The van der Waals surface area contributed by atoms with E-state index in [-0.39, 0.29) is 36.5 Å². The van der Waals surface area contributed by atoms with E-state index in [1.807, 2.05) is 18.2 Å². The lowest BCUT2D eigenvalue weighted by atomic mass is 9.86. The summed E-state index contributed by atoms with van der Waals surface area (Å²) in [7, 11) is -3.73. The molecule has 1 heterocycles. The number of piperazine rings is 1. The fourth-order valence-corrected chi connectivity index (χ4v) is 4.79. The maximum atomic E-state index is 12.8. The number of benzene rings is 2. The molecule has 31 heavy (non-hydrogen) atoms. The van der Waals surface area contributed by atoms with Crippen LogP contribution in [-0.2, 0) is 20.2 Å². The summed E-state index contributed by atoms with van der Waals surface area (Å²) >= 11 is 0. The molecule has 1 amide bonds. The molecule has 1 aliphatic rings. The van der Waals surface area contributed by atoms with Crippen molar-refractivity contribution in [3.63, 3.8) is 0 Å². The Morgan fingerprint density at radius 3 is 1.94 bits per heavy atom. The normalized spacial score (nSPS) is 15.4. The van der Waals surface area contributed by atoms with Crippen LogP contribution in [0.2, 0.25) is 0 Å². The Morgan fingerprint density at radius 1 is 0.903 bits per heavy atom. The van der Waals surface area contributed by atoms with Crippen molar-refractivity contribution in [1.29, 1.82) is 5.26 Å². The summed E-state index contributed by atoms with van der Waals surface area (Å²) in [4.78, 5) is 26.8. The Kier molecular flexibility index (Phi) is 6.30. The van der Waals surface area contributed by atoms with E-state index in [0.717, 1.165) is 5.56 Å². The molecular weight excluding hydrogens is 414 g/mol. The van der Waals surface area contributed by atoms with Crippen molar-refractivity contribution >= 4 is 21.7 Å². The number of ketones is 1. The van der Waals surface area contributed by atoms with Crippen LogP contribution in [0.4, 0.5) is 0 Å². The van der Waals surface area contributed by atoms with E-state index in [1.54, 1.807) is 12.1 Å². The van der Waals surface area contributed by atoms with E-state index in [9.17, 15) is 18.0 Å². The molecule has 1 saturated heterocycles. The highest BCUT2D eigenvalue weighted by Crippen LogP contribution is 2.23. The summed E-state index contributed by atoms with van der Waals surface area (Å²) in [5, 5.41) is 8.86. The minimum Gasteiger partial charge on any atom is -0.333 e. The lowest BCUT2D eigenvalue weighted by Gasteiger charge is -2.33. The third-order valence-corrected chi connectivity index (χ3v) is 7.27. The summed E-state index contributed by atoms with van der Waals surface area (Å²) in [6.45, 7) is 6.69. The van der Waals surface area contributed by atoms with Gasteiger partial charge in [-0.1, -0.05) is 45.0 Å². The standard InChI is InChI=1S/C23H25N3O4S/c1-23(2,3)19-8-6-18(7-9-19)21(27)22(28)25-12-14-26(15-13-25)31(29,30)20-10-4-17(16-24)5-11-20/h4-11H,12-15H2,1-3H3. The smallest absolute Gasteiger partial charge is 0.295 e. The van der Waals surface area contributed by atoms with E-state index in [0.29, 0.717) is 11.1 Å². The van der Waals surface area contributed by atoms with E-state index in [1.165, 1.54) is 33.5 Å². The van der Waals surface area contributed by atoms with Gasteiger partial charge in [0.05, 0.1) is 16.5 Å². The van der Waals surface area contributed by atoms with Gasteiger partial charge >= 0.3 is 0 Å². The Balaban J connectivity index is 1.65. The maximum Gasteiger partial charge on any atom is 0.295 e. The molecule has 0 saturated carbocycles. The number of Topliss-reactive ketones (excluding diaryl/α,β-unsaturated/α-hetero) is 1. The van der Waals surface area contributed by atoms with Gasteiger partial charge in [-0.25, -0.2) is 8.42 Å². The van der Waals surface area contributed by atoms with E-state index >= 15 is 0 Å². The molecule has 0 bridgehead atoms. The minimum atomic E-state index is -3.73. The Bertz CT molecular complexity index is 1120. The molecule has 0 radical (unpaired) electrons.